The van der Waals surface area contributed by atoms with Crippen LogP contribution in [0.25, 0.3) is 11.1 Å². The van der Waals surface area contributed by atoms with Crippen LogP contribution in [0.3, 0.4) is 0 Å². The summed E-state index contributed by atoms with van der Waals surface area (Å²) in [4.78, 5) is 4.24. The van der Waals surface area contributed by atoms with E-state index in [4.69, 9.17) is 11.6 Å². The van der Waals surface area contributed by atoms with Crippen LogP contribution in [0.1, 0.15) is 44.6 Å². The fraction of sp³-hybridized carbons (Fsp3) is 0.529. The fourth-order valence-electron chi connectivity index (χ4n) is 3.24. The first kappa shape index (κ1) is 15.0. The molecule has 0 saturated heterocycles. The SMILES string of the molecule is OC1CCC(Nc2cc(Cl)ncc2-c2cnn(C3CC3)c2)CC1. The van der Waals surface area contributed by atoms with E-state index in [0.29, 0.717) is 17.2 Å². The first-order chi connectivity index (χ1) is 11.2. The summed E-state index contributed by atoms with van der Waals surface area (Å²) in [6.07, 6.45) is 11.8. The predicted molar refractivity (Wildman–Crippen MR) is 90.6 cm³/mol. The Bertz CT molecular complexity index is 690. The summed E-state index contributed by atoms with van der Waals surface area (Å²) in [7, 11) is 0. The fourth-order valence-corrected chi connectivity index (χ4v) is 3.39. The van der Waals surface area contributed by atoms with Crippen LogP contribution in [0.5, 0.6) is 0 Å². The van der Waals surface area contributed by atoms with Gasteiger partial charge in [0.15, 0.2) is 0 Å². The van der Waals surface area contributed by atoms with E-state index in [-0.39, 0.29) is 6.10 Å². The van der Waals surface area contributed by atoms with Gasteiger partial charge >= 0.3 is 0 Å². The Morgan fingerprint density at radius 3 is 2.65 bits per heavy atom. The lowest BCUT2D eigenvalue weighted by Crippen LogP contribution is -2.28. The number of anilines is 1. The summed E-state index contributed by atoms with van der Waals surface area (Å²) in [5.41, 5.74) is 3.11. The molecule has 0 amide bonds. The quantitative estimate of drug-likeness (QED) is 0.839. The molecule has 0 spiro atoms. The minimum atomic E-state index is -0.148. The van der Waals surface area contributed by atoms with Crippen LogP contribution in [-0.4, -0.2) is 32.0 Å². The van der Waals surface area contributed by atoms with Crippen LogP contribution < -0.4 is 5.32 Å². The second kappa shape index (κ2) is 6.13. The summed E-state index contributed by atoms with van der Waals surface area (Å²) in [5, 5.41) is 18.2. The van der Waals surface area contributed by atoms with Gasteiger partial charge < -0.3 is 10.4 Å². The van der Waals surface area contributed by atoms with Crippen LogP contribution in [0.4, 0.5) is 5.69 Å². The summed E-state index contributed by atoms with van der Waals surface area (Å²) in [6, 6.07) is 2.82. The van der Waals surface area contributed by atoms with Gasteiger partial charge in [-0.3, -0.25) is 4.68 Å². The molecule has 2 heterocycles. The Morgan fingerprint density at radius 2 is 1.91 bits per heavy atom. The number of nitrogens with one attached hydrogen (secondary N) is 1. The number of halogens is 1. The topological polar surface area (TPSA) is 63.0 Å². The third kappa shape index (κ3) is 3.35. The van der Waals surface area contributed by atoms with Crippen molar-refractivity contribution >= 4 is 17.3 Å². The molecule has 2 saturated carbocycles. The summed E-state index contributed by atoms with van der Waals surface area (Å²) in [6.45, 7) is 0. The molecule has 0 bridgehead atoms. The standard InChI is InChI=1S/C17H21ClN4O/c18-17-7-16(21-12-1-5-14(23)6-2-12)15(9-19-17)11-8-20-22(10-11)13-3-4-13/h7-10,12-14,23H,1-6H2,(H,19,21). The van der Waals surface area contributed by atoms with E-state index in [1.807, 2.05) is 23.1 Å². The largest absolute Gasteiger partial charge is 0.393 e. The van der Waals surface area contributed by atoms with Crippen molar-refractivity contribution < 1.29 is 5.11 Å². The van der Waals surface area contributed by atoms with Gasteiger partial charge in [-0.15, -0.1) is 0 Å². The Kier molecular flexibility index (Phi) is 3.99. The predicted octanol–water partition coefficient (Wildman–Crippen LogP) is 3.65. The zero-order valence-corrected chi connectivity index (χ0v) is 13.7. The molecule has 0 atom stereocenters. The number of rotatable bonds is 4. The second-order valence-corrected chi connectivity index (χ2v) is 7.03. The van der Waals surface area contributed by atoms with Gasteiger partial charge in [0.25, 0.3) is 0 Å². The number of aromatic nitrogens is 3. The van der Waals surface area contributed by atoms with Crippen molar-refractivity contribution in [2.75, 3.05) is 5.32 Å². The normalized spacial score (nSPS) is 24.6. The molecule has 2 aliphatic rings. The zero-order valence-electron chi connectivity index (χ0n) is 13.0. The van der Waals surface area contributed by atoms with Crippen LogP contribution in [0, 0.1) is 0 Å². The highest BCUT2D eigenvalue weighted by atomic mass is 35.5. The molecule has 2 N–H and O–H groups in total. The van der Waals surface area contributed by atoms with Crippen molar-refractivity contribution in [1.82, 2.24) is 14.8 Å². The molecule has 5 nitrogen and oxygen atoms in total. The van der Waals surface area contributed by atoms with Crippen LogP contribution >= 0.6 is 11.6 Å². The smallest absolute Gasteiger partial charge is 0.131 e. The van der Waals surface area contributed by atoms with Crippen LogP contribution in [-0.2, 0) is 0 Å². The number of aliphatic hydroxyl groups excluding tert-OH is 1. The molecule has 6 heteroatoms. The highest BCUT2D eigenvalue weighted by Crippen LogP contribution is 2.37. The molecule has 23 heavy (non-hydrogen) atoms. The minimum Gasteiger partial charge on any atom is -0.393 e. The molecule has 0 unspecified atom stereocenters. The molecule has 2 fully saturated rings. The van der Waals surface area contributed by atoms with E-state index in [1.165, 1.54) is 12.8 Å². The van der Waals surface area contributed by atoms with Crippen molar-refractivity contribution in [3.05, 3.63) is 29.8 Å². The maximum absolute atomic E-state index is 9.66. The van der Waals surface area contributed by atoms with Crippen molar-refractivity contribution in [3.63, 3.8) is 0 Å². The monoisotopic (exact) mass is 332 g/mol. The Balaban J connectivity index is 1.58. The Hall–Kier alpha value is -1.59. The van der Waals surface area contributed by atoms with Crippen molar-refractivity contribution in [2.45, 2.75) is 56.7 Å². The van der Waals surface area contributed by atoms with Gasteiger partial charge in [-0.1, -0.05) is 11.6 Å². The summed E-state index contributed by atoms with van der Waals surface area (Å²) >= 11 is 6.10. The number of aliphatic hydroxyl groups is 1. The van der Waals surface area contributed by atoms with Crippen molar-refractivity contribution in [3.8, 4) is 11.1 Å². The molecular formula is C17H21ClN4O. The lowest BCUT2D eigenvalue weighted by molar-refractivity contribution is 0.126. The van der Waals surface area contributed by atoms with Gasteiger partial charge in [0, 0.05) is 35.2 Å². The average Bonchev–Trinajstić information content (AvgIpc) is 3.28. The lowest BCUT2D eigenvalue weighted by Gasteiger charge is -2.27. The van der Waals surface area contributed by atoms with Gasteiger partial charge in [-0.2, -0.15) is 5.10 Å². The molecular weight excluding hydrogens is 312 g/mol. The van der Waals surface area contributed by atoms with Crippen LogP contribution in [0.2, 0.25) is 5.15 Å². The van der Waals surface area contributed by atoms with Crippen molar-refractivity contribution in [2.24, 2.45) is 0 Å². The Morgan fingerprint density at radius 1 is 1.13 bits per heavy atom. The Labute approximate surface area is 140 Å². The zero-order chi connectivity index (χ0) is 15.8. The molecule has 122 valence electrons. The molecule has 2 aromatic rings. The molecule has 2 aromatic heterocycles. The number of hydrogen-bond donors (Lipinski definition) is 2. The summed E-state index contributed by atoms with van der Waals surface area (Å²) < 4.78 is 2.05. The molecule has 4 rings (SSSR count). The van der Waals surface area contributed by atoms with Gasteiger partial charge in [0.1, 0.15) is 5.15 Å². The van der Waals surface area contributed by atoms with E-state index >= 15 is 0 Å². The highest BCUT2D eigenvalue weighted by molar-refractivity contribution is 6.29. The maximum Gasteiger partial charge on any atom is 0.131 e. The van der Waals surface area contributed by atoms with E-state index in [0.717, 1.165) is 42.5 Å². The van der Waals surface area contributed by atoms with Gasteiger partial charge in [-0.05, 0) is 44.6 Å². The molecule has 0 aromatic carbocycles. The van der Waals surface area contributed by atoms with E-state index in [9.17, 15) is 5.11 Å². The first-order valence-electron chi connectivity index (χ1n) is 8.34. The number of pyridine rings is 1. The molecule has 0 radical (unpaired) electrons. The van der Waals surface area contributed by atoms with Gasteiger partial charge in [0.05, 0.1) is 18.3 Å². The van der Waals surface area contributed by atoms with E-state index in [2.05, 4.69) is 21.6 Å². The van der Waals surface area contributed by atoms with Gasteiger partial charge in [-0.25, -0.2) is 4.98 Å². The van der Waals surface area contributed by atoms with Gasteiger partial charge in [0.2, 0.25) is 0 Å². The number of hydrogen-bond acceptors (Lipinski definition) is 4. The summed E-state index contributed by atoms with van der Waals surface area (Å²) in [5.74, 6) is 0. The molecule has 0 aliphatic heterocycles. The maximum atomic E-state index is 9.66. The second-order valence-electron chi connectivity index (χ2n) is 6.64. The third-order valence-electron chi connectivity index (χ3n) is 4.76. The van der Waals surface area contributed by atoms with E-state index in [1.54, 1.807) is 0 Å². The highest BCUT2D eigenvalue weighted by Gasteiger charge is 2.25. The number of nitrogens with zero attached hydrogens (tertiary/aromatic N) is 3. The molecule has 2 aliphatic carbocycles. The minimum absolute atomic E-state index is 0.148. The third-order valence-corrected chi connectivity index (χ3v) is 4.97. The van der Waals surface area contributed by atoms with Crippen molar-refractivity contribution in [1.29, 1.82) is 0 Å². The lowest BCUT2D eigenvalue weighted by atomic mass is 9.92. The van der Waals surface area contributed by atoms with Crippen LogP contribution in [0.15, 0.2) is 24.7 Å². The average molecular weight is 333 g/mol. The van der Waals surface area contributed by atoms with E-state index < -0.39 is 0 Å². The first-order valence-corrected chi connectivity index (χ1v) is 8.71.